The lowest BCUT2D eigenvalue weighted by Crippen LogP contribution is -2.49. The minimum atomic E-state index is -1.24. The number of anilines is 1. The number of fused-ring (bicyclic) bond motifs is 2. The predicted octanol–water partition coefficient (Wildman–Crippen LogP) is 3.43. The van der Waals surface area contributed by atoms with Crippen LogP contribution in [0.3, 0.4) is 0 Å². The van der Waals surface area contributed by atoms with Gasteiger partial charge in [-0.05, 0) is 47.0 Å². The molecule has 160 valence electrons. The quantitative estimate of drug-likeness (QED) is 0.592. The minimum absolute atomic E-state index is 0.118. The molecule has 0 saturated heterocycles. The fourth-order valence-corrected chi connectivity index (χ4v) is 4.43. The van der Waals surface area contributed by atoms with Crippen molar-refractivity contribution in [1.29, 1.82) is 0 Å². The first-order valence-electron chi connectivity index (χ1n) is 10.1. The molecule has 1 heterocycles. The molecule has 0 fully saturated rings. The lowest BCUT2D eigenvalue weighted by atomic mass is 9.88. The molecular formula is C24H23FN2O4. The Morgan fingerprint density at radius 3 is 2.65 bits per heavy atom. The SMILES string of the molecule is CCOC(=O)C(N)C1c2cc(F)ccc2N(Cc2cccc3ccccc23)C1C(=O)O. The van der Waals surface area contributed by atoms with Crippen molar-refractivity contribution in [3.05, 3.63) is 77.6 Å². The van der Waals surface area contributed by atoms with Crippen molar-refractivity contribution < 1.29 is 23.8 Å². The summed E-state index contributed by atoms with van der Waals surface area (Å²) in [5, 5.41) is 12.1. The molecule has 3 unspecified atom stereocenters. The monoisotopic (exact) mass is 422 g/mol. The standard InChI is InChI=1S/C24H23FN2O4/c1-2-31-24(30)21(26)20-18-12-16(25)10-11-19(18)27(22(20)23(28)29)13-15-8-5-7-14-6-3-4-9-17(14)15/h3-12,20-22H,2,13,26H2,1H3,(H,28,29). The van der Waals surface area contributed by atoms with E-state index >= 15 is 0 Å². The second kappa shape index (κ2) is 8.35. The number of esters is 1. The van der Waals surface area contributed by atoms with E-state index in [9.17, 15) is 19.1 Å². The zero-order chi connectivity index (χ0) is 22.1. The highest BCUT2D eigenvalue weighted by atomic mass is 19.1. The number of hydrogen-bond donors (Lipinski definition) is 2. The molecule has 0 spiro atoms. The number of aliphatic carboxylic acids is 1. The van der Waals surface area contributed by atoms with E-state index in [1.807, 2.05) is 42.5 Å². The number of carbonyl (C=O) groups excluding carboxylic acids is 1. The summed E-state index contributed by atoms with van der Waals surface area (Å²) in [6.07, 6.45) is 0. The molecule has 0 saturated carbocycles. The normalized spacial score (nSPS) is 18.6. The van der Waals surface area contributed by atoms with Crippen molar-refractivity contribution in [2.75, 3.05) is 11.5 Å². The van der Waals surface area contributed by atoms with E-state index in [0.29, 0.717) is 11.3 Å². The molecular weight excluding hydrogens is 399 g/mol. The maximum Gasteiger partial charge on any atom is 0.327 e. The van der Waals surface area contributed by atoms with E-state index in [2.05, 4.69) is 0 Å². The predicted molar refractivity (Wildman–Crippen MR) is 115 cm³/mol. The highest BCUT2D eigenvalue weighted by Gasteiger charge is 2.48. The van der Waals surface area contributed by atoms with Crippen molar-refractivity contribution >= 4 is 28.4 Å². The summed E-state index contributed by atoms with van der Waals surface area (Å²) < 4.78 is 19.1. The van der Waals surface area contributed by atoms with Crippen LogP contribution in [0, 0.1) is 5.82 Å². The van der Waals surface area contributed by atoms with Crippen LogP contribution in [-0.4, -0.2) is 35.7 Å². The molecule has 3 atom stereocenters. The molecule has 4 rings (SSSR count). The third kappa shape index (κ3) is 3.72. The second-order valence-corrected chi connectivity index (χ2v) is 7.56. The van der Waals surface area contributed by atoms with Crippen LogP contribution < -0.4 is 10.6 Å². The zero-order valence-corrected chi connectivity index (χ0v) is 17.0. The Kier molecular flexibility index (Phi) is 5.61. The van der Waals surface area contributed by atoms with Gasteiger partial charge in [0.05, 0.1) is 6.61 Å². The Morgan fingerprint density at radius 1 is 1.16 bits per heavy atom. The molecule has 0 radical (unpaired) electrons. The van der Waals surface area contributed by atoms with Gasteiger partial charge in [0.15, 0.2) is 0 Å². The van der Waals surface area contributed by atoms with Crippen LogP contribution in [0.25, 0.3) is 10.8 Å². The lowest BCUT2D eigenvalue weighted by molar-refractivity contribution is -0.146. The molecule has 31 heavy (non-hydrogen) atoms. The number of benzene rings is 3. The van der Waals surface area contributed by atoms with Crippen LogP contribution in [0.4, 0.5) is 10.1 Å². The largest absolute Gasteiger partial charge is 0.480 e. The third-order valence-electron chi connectivity index (χ3n) is 5.75. The summed E-state index contributed by atoms with van der Waals surface area (Å²) in [6, 6.07) is 15.4. The van der Waals surface area contributed by atoms with Gasteiger partial charge in [-0.3, -0.25) is 4.79 Å². The van der Waals surface area contributed by atoms with Gasteiger partial charge in [-0.15, -0.1) is 0 Å². The average molecular weight is 422 g/mol. The van der Waals surface area contributed by atoms with Gasteiger partial charge < -0.3 is 20.5 Å². The van der Waals surface area contributed by atoms with Crippen LogP contribution in [-0.2, 0) is 20.9 Å². The van der Waals surface area contributed by atoms with Gasteiger partial charge in [-0.25, -0.2) is 9.18 Å². The van der Waals surface area contributed by atoms with E-state index < -0.39 is 35.8 Å². The van der Waals surface area contributed by atoms with Gasteiger partial charge in [-0.1, -0.05) is 42.5 Å². The maximum absolute atomic E-state index is 14.1. The smallest absolute Gasteiger partial charge is 0.327 e. The molecule has 0 bridgehead atoms. The second-order valence-electron chi connectivity index (χ2n) is 7.56. The number of rotatable bonds is 6. The summed E-state index contributed by atoms with van der Waals surface area (Å²) in [6.45, 7) is 2.03. The number of ether oxygens (including phenoxy) is 1. The molecule has 0 aliphatic carbocycles. The molecule has 6 nitrogen and oxygen atoms in total. The molecule has 0 aromatic heterocycles. The summed E-state index contributed by atoms with van der Waals surface area (Å²) in [7, 11) is 0. The Bertz CT molecular complexity index is 1140. The van der Waals surface area contributed by atoms with Gasteiger partial charge in [-0.2, -0.15) is 0 Å². The minimum Gasteiger partial charge on any atom is -0.480 e. The van der Waals surface area contributed by atoms with Gasteiger partial charge in [0.25, 0.3) is 0 Å². The van der Waals surface area contributed by atoms with Crippen molar-refractivity contribution in [3.63, 3.8) is 0 Å². The summed E-state index contributed by atoms with van der Waals surface area (Å²) >= 11 is 0. The zero-order valence-electron chi connectivity index (χ0n) is 17.0. The lowest BCUT2D eigenvalue weighted by Gasteiger charge is -2.29. The summed E-state index contributed by atoms with van der Waals surface area (Å²) in [4.78, 5) is 26.4. The molecule has 3 aromatic carbocycles. The van der Waals surface area contributed by atoms with E-state index in [4.69, 9.17) is 10.5 Å². The molecule has 0 amide bonds. The Labute approximate surface area is 179 Å². The average Bonchev–Trinajstić information content (AvgIpc) is 3.07. The van der Waals surface area contributed by atoms with Crippen molar-refractivity contribution in [1.82, 2.24) is 0 Å². The highest BCUT2D eigenvalue weighted by Crippen LogP contribution is 2.44. The van der Waals surface area contributed by atoms with Gasteiger partial charge in [0.2, 0.25) is 0 Å². The first kappa shape index (κ1) is 20.8. The highest BCUT2D eigenvalue weighted by molar-refractivity contribution is 5.90. The van der Waals surface area contributed by atoms with Crippen molar-refractivity contribution in [2.45, 2.75) is 31.5 Å². The van der Waals surface area contributed by atoms with Crippen LogP contribution in [0.2, 0.25) is 0 Å². The number of hydrogen-bond acceptors (Lipinski definition) is 5. The fourth-order valence-electron chi connectivity index (χ4n) is 4.43. The number of halogens is 1. The van der Waals surface area contributed by atoms with Crippen molar-refractivity contribution in [2.24, 2.45) is 5.73 Å². The first-order valence-corrected chi connectivity index (χ1v) is 10.1. The maximum atomic E-state index is 14.1. The number of nitrogens with zero attached hydrogens (tertiary/aromatic N) is 1. The van der Waals surface area contributed by atoms with Crippen molar-refractivity contribution in [3.8, 4) is 0 Å². The molecule has 1 aliphatic rings. The van der Waals surface area contributed by atoms with Crippen LogP contribution in [0.1, 0.15) is 24.0 Å². The topological polar surface area (TPSA) is 92.9 Å². The molecule has 3 aromatic rings. The molecule has 1 aliphatic heterocycles. The fraction of sp³-hybridized carbons (Fsp3) is 0.250. The van der Waals surface area contributed by atoms with E-state index in [-0.39, 0.29) is 13.2 Å². The number of carbonyl (C=O) groups is 2. The number of carboxylic acid groups (broad SMARTS) is 1. The summed E-state index contributed by atoms with van der Waals surface area (Å²) in [5.41, 5.74) is 8.03. The first-order chi connectivity index (χ1) is 14.9. The molecule has 3 N–H and O–H groups in total. The van der Waals surface area contributed by atoms with Crippen LogP contribution in [0.15, 0.2) is 60.7 Å². The Morgan fingerprint density at radius 2 is 1.90 bits per heavy atom. The van der Waals surface area contributed by atoms with Gasteiger partial charge >= 0.3 is 11.9 Å². The van der Waals surface area contributed by atoms with Gasteiger partial charge in [0.1, 0.15) is 17.9 Å². The van der Waals surface area contributed by atoms with Gasteiger partial charge in [0, 0.05) is 18.2 Å². The van der Waals surface area contributed by atoms with E-state index in [1.54, 1.807) is 17.9 Å². The van der Waals surface area contributed by atoms with E-state index in [1.165, 1.54) is 12.1 Å². The number of carboxylic acids is 1. The third-order valence-corrected chi connectivity index (χ3v) is 5.75. The molecule has 7 heteroatoms. The van der Waals surface area contributed by atoms with E-state index in [0.717, 1.165) is 16.3 Å². The van der Waals surface area contributed by atoms with Crippen LogP contribution in [0.5, 0.6) is 0 Å². The Hall–Kier alpha value is -3.45. The number of nitrogens with two attached hydrogens (primary N) is 1. The van der Waals surface area contributed by atoms with Crippen LogP contribution >= 0.6 is 0 Å². The summed E-state index contributed by atoms with van der Waals surface area (Å²) in [5.74, 6) is -3.31. The Balaban J connectivity index is 1.82.